The predicted molar refractivity (Wildman–Crippen MR) is 110 cm³/mol. The normalized spacial score (nSPS) is 16.7. The van der Waals surface area contributed by atoms with Crippen molar-refractivity contribution in [2.24, 2.45) is 0 Å². The molecule has 32 heavy (non-hydrogen) atoms. The first-order valence-electron chi connectivity index (χ1n) is 9.31. The molecular weight excluding hydrogens is 473 g/mol. The highest BCUT2D eigenvalue weighted by Gasteiger charge is 2.55. The van der Waals surface area contributed by atoms with E-state index in [0.29, 0.717) is 18.7 Å². The summed E-state index contributed by atoms with van der Waals surface area (Å²) in [4.78, 5) is 24.9. The summed E-state index contributed by atoms with van der Waals surface area (Å²) in [5.41, 5.74) is -3.40. The van der Waals surface area contributed by atoms with Crippen molar-refractivity contribution < 1.29 is 36.3 Å². The van der Waals surface area contributed by atoms with Gasteiger partial charge in [0.05, 0.1) is 20.5 Å². The Morgan fingerprint density at radius 3 is 2.22 bits per heavy atom. The summed E-state index contributed by atoms with van der Waals surface area (Å²) in [6.07, 6.45) is -4.07. The first-order valence-corrected chi connectivity index (χ1v) is 11.2. The molecule has 0 bridgehead atoms. The molecule has 1 aliphatic heterocycles. The van der Waals surface area contributed by atoms with Crippen LogP contribution in [0.15, 0.2) is 52.3 Å². The molecule has 0 aromatic heterocycles. The Labute approximate surface area is 186 Å². The highest BCUT2D eigenvalue weighted by Crippen LogP contribution is 2.34. The quantitative estimate of drug-likeness (QED) is 0.667. The van der Waals surface area contributed by atoms with Crippen LogP contribution in [0.1, 0.15) is 19.8 Å². The van der Waals surface area contributed by atoms with Crippen molar-refractivity contribution >= 4 is 44.6 Å². The second-order valence-electron chi connectivity index (χ2n) is 7.31. The molecule has 1 heterocycles. The van der Waals surface area contributed by atoms with Crippen LogP contribution in [-0.4, -0.2) is 43.7 Å². The van der Waals surface area contributed by atoms with Gasteiger partial charge in [0.15, 0.2) is 0 Å². The average molecular weight is 491 g/mol. The van der Waals surface area contributed by atoms with E-state index < -0.39 is 27.5 Å². The van der Waals surface area contributed by atoms with Gasteiger partial charge in [-0.2, -0.15) is 13.2 Å². The number of anilines is 2. The summed E-state index contributed by atoms with van der Waals surface area (Å²) in [7, 11) is -4.04. The second-order valence-corrected chi connectivity index (χ2v) is 9.67. The zero-order valence-electron chi connectivity index (χ0n) is 16.6. The third kappa shape index (κ3) is 4.45. The molecule has 1 aliphatic rings. The number of halogens is 4. The van der Waals surface area contributed by atoms with Gasteiger partial charge in [0.25, 0.3) is 5.91 Å². The van der Waals surface area contributed by atoms with Gasteiger partial charge < -0.3 is 15.3 Å². The number of nitrogens with zero attached hydrogens (tertiary/aromatic N) is 1. The van der Waals surface area contributed by atoms with Crippen molar-refractivity contribution in [3.05, 3.63) is 47.5 Å². The minimum absolute atomic E-state index is 0.0467. The summed E-state index contributed by atoms with van der Waals surface area (Å²) < 4.78 is 64.2. The SMILES string of the molecule is C[C@@](O)(C(=O)Nc1ccc(S(=O)(=O)c2ccc(N3CCCC3=O)cc2)cc1Cl)C(F)(F)F. The number of carbonyl (C=O) groups is 2. The van der Waals surface area contributed by atoms with E-state index >= 15 is 0 Å². The molecule has 2 aromatic carbocycles. The summed E-state index contributed by atoms with van der Waals surface area (Å²) in [6, 6.07) is 8.75. The highest BCUT2D eigenvalue weighted by atomic mass is 35.5. The van der Waals surface area contributed by atoms with Crippen LogP contribution in [0.3, 0.4) is 0 Å². The number of carbonyl (C=O) groups excluding carboxylic acids is 2. The molecular formula is C20H18ClF3N2O5S. The number of nitrogens with one attached hydrogen (secondary N) is 1. The van der Waals surface area contributed by atoms with Crippen LogP contribution in [0.5, 0.6) is 0 Å². The summed E-state index contributed by atoms with van der Waals surface area (Å²) >= 11 is 5.97. The Bertz CT molecular complexity index is 1160. The van der Waals surface area contributed by atoms with E-state index in [0.717, 1.165) is 24.6 Å². The zero-order valence-corrected chi connectivity index (χ0v) is 18.2. The van der Waals surface area contributed by atoms with Crippen molar-refractivity contribution in [2.45, 2.75) is 41.3 Å². The molecule has 0 saturated carbocycles. The van der Waals surface area contributed by atoms with Gasteiger partial charge in [-0.05, 0) is 55.8 Å². The summed E-state index contributed by atoms with van der Waals surface area (Å²) in [6.45, 7) is 0.837. The Balaban J connectivity index is 1.83. The van der Waals surface area contributed by atoms with Gasteiger partial charge in [-0.1, -0.05) is 11.6 Å². The fourth-order valence-corrected chi connectivity index (χ4v) is 4.58. The largest absolute Gasteiger partial charge is 0.426 e. The lowest BCUT2D eigenvalue weighted by Crippen LogP contribution is -2.52. The van der Waals surface area contributed by atoms with Crippen molar-refractivity contribution in [1.29, 1.82) is 0 Å². The van der Waals surface area contributed by atoms with Crippen LogP contribution in [0, 0.1) is 0 Å². The van der Waals surface area contributed by atoms with Gasteiger partial charge in [-0.3, -0.25) is 9.59 Å². The average Bonchev–Trinajstić information content (AvgIpc) is 3.14. The molecule has 2 amide bonds. The maximum Gasteiger partial charge on any atom is 0.426 e. The minimum Gasteiger partial charge on any atom is -0.373 e. The van der Waals surface area contributed by atoms with Gasteiger partial charge in [0.1, 0.15) is 0 Å². The van der Waals surface area contributed by atoms with Crippen LogP contribution in [0.2, 0.25) is 5.02 Å². The van der Waals surface area contributed by atoms with Gasteiger partial charge in [-0.25, -0.2) is 8.42 Å². The summed E-state index contributed by atoms with van der Waals surface area (Å²) in [5.74, 6) is -1.82. The molecule has 1 atom stereocenters. The first-order chi connectivity index (χ1) is 14.7. The molecule has 7 nitrogen and oxygen atoms in total. The number of rotatable bonds is 5. The Kier molecular flexibility index (Phi) is 6.29. The summed E-state index contributed by atoms with van der Waals surface area (Å²) in [5, 5.41) is 10.9. The van der Waals surface area contributed by atoms with Gasteiger partial charge in [0, 0.05) is 18.7 Å². The minimum atomic E-state index is -5.22. The Hall–Kier alpha value is -2.63. The molecule has 0 unspecified atom stereocenters. The lowest BCUT2D eigenvalue weighted by molar-refractivity contribution is -0.242. The molecule has 1 saturated heterocycles. The van der Waals surface area contributed by atoms with E-state index in [1.54, 1.807) is 4.90 Å². The third-order valence-electron chi connectivity index (χ3n) is 5.03. The fraction of sp³-hybridized carbons (Fsp3) is 0.300. The molecule has 0 spiro atoms. The van der Waals surface area contributed by atoms with Crippen molar-refractivity contribution in [1.82, 2.24) is 0 Å². The monoisotopic (exact) mass is 490 g/mol. The zero-order chi connectivity index (χ0) is 23.9. The maximum absolute atomic E-state index is 12.9. The molecule has 0 aliphatic carbocycles. The van der Waals surface area contributed by atoms with Crippen LogP contribution in [0.4, 0.5) is 24.5 Å². The van der Waals surface area contributed by atoms with Gasteiger partial charge in [-0.15, -0.1) is 0 Å². The molecule has 172 valence electrons. The first kappa shape index (κ1) is 24.0. The fourth-order valence-electron chi connectivity index (χ4n) is 3.00. The molecule has 0 radical (unpaired) electrons. The topological polar surface area (TPSA) is 104 Å². The second kappa shape index (κ2) is 8.38. The van der Waals surface area contributed by atoms with Gasteiger partial charge in [0.2, 0.25) is 21.3 Å². The number of benzene rings is 2. The number of aliphatic hydroxyl groups is 1. The van der Waals surface area contributed by atoms with Crippen molar-refractivity contribution in [3.8, 4) is 0 Å². The molecule has 2 N–H and O–H groups in total. The number of amides is 2. The maximum atomic E-state index is 12.9. The number of hydrogen-bond acceptors (Lipinski definition) is 5. The Morgan fingerprint density at radius 2 is 1.72 bits per heavy atom. The van der Waals surface area contributed by atoms with Crippen molar-refractivity contribution in [3.63, 3.8) is 0 Å². The van der Waals surface area contributed by atoms with E-state index in [9.17, 15) is 36.3 Å². The van der Waals surface area contributed by atoms with Crippen LogP contribution >= 0.6 is 11.6 Å². The smallest absolute Gasteiger partial charge is 0.373 e. The lowest BCUT2D eigenvalue weighted by atomic mass is 10.1. The van der Waals surface area contributed by atoms with E-state index in [-0.39, 0.29) is 33.3 Å². The number of alkyl halides is 3. The van der Waals surface area contributed by atoms with E-state index in [2.05, 4.69) is 0 Å². The van der Waals surface area contributed by atoms with E-state index in [1.807, 2.05) is 5.32 Å². The number of sulfone groups is 1. The van der Waals surface area contributed by atoms with Crippen LogP contribution in [0.25, 0.3) is 0 Å². The van der Waals surface area contributed by atoms with Crippen LogP contribution < -0.4 is 10.2 Å². The molecule has 3 rings (SSSR count). The third-order valence-corrected chi connectivity index (χ3v) is 7.11. The highest BCUT2D eigenvalue weighted by molar-refractivity contribution is 7.91. The number of hydrogen-bond donors (Lipinski definition) is 2. The molecule has 2 aromatic rings. The lowest BCUT2D eigenvalue weighted by Gasteiger charge is -2.25. The Morgan fingerprint density at radius 1 is 1.12 bits per heavy atom. The van der Waals surface area contributed by atoms with Crippen LogP contribution in [-0.2, 0) is 19.4 Å². The molecule has 12 heteroatoms. The standard InChI is InChI=1S/C20H18ClF3N2O5S/c1-19(29,20(22,23)24)18(28)25-16-9-8-14(11-15(16)21)32(30,31)13-6-4-12(5-7-13)26-10-2-3-17(26)27/h4-9,11,29H,2-3,10H2,1H3,(H,25,28)/t19-/m1/s1. The predicted octanol–water partition coefficient (Wildman–Crippen LogP) is 3.55. The van der Waals surface area contributed by atoms with Gasteiger partial charge >= 0.3 is 6.18 Å². The molecule has 1 fully saturated rings. The van der Waals surface area contributed by atoms with Crippen molar-refractivity contribution in [2.75, 3.05) is 16.8 Å². The van der Waals surface area contributed by atoms with E-state index in [4.69, 9.17) is 11.6 Å². The van der Waals surface area contributed by atoms with E-state index in [1.165, 1.54) is 24.3 Å².